The molecule has 1 saturated heterocycles. The first-order valence-corrected chi connectivity index (χ1v) is 8.96. The number of pyridine rings is 1. The topological polar surface area (TPSA) is 59.4 Å². The molecule has 0 bridgehead atoms. The number of rotatable bonds is 2. The van der Waals surface area contributed by atoms with Crippen molar-refractivity contribution in [3.05, 3.63) is 34.4 Å². The Bertz CT molecular complexity index is 913. The summed E-state index contributed by atoms with van der Waals surface area (Å²) in [6, 6.07) is 2.78. The van der Waals surface area contributed by atoms with Gasteiger partial charge in [-0.2, -0.15) is 0 Å². The number of anilines is 1. The van der Waals surface area contributed by atoms with E-state index in [0.29, 0.717) is 11.2 Å². The van der Waals surface area contributed by atoms with Gasteiger partial charge in [-0.1, -0.05) is 0 Å². The Hall–Kier alpha value is -1.89. The average molecular weight is 324 g/mol. The Labute approximate surface area is 127 Å². The minimum absolute atomic E-state index is 0.0888. The monoisotopic (exact) mass is 324 g/mol. The Morgan fingerprint density at radius 1 is 1.18 bits per heavy atom. The summed E-state index contributed by atoms with van der Waals surface area (Å²) in [7, 11) is -2.00. The highest BCUT2D eigenvalue weighted by atomic mass is 32.2. The molecule has 2 heterocycles. The van der Waals surface area contributed by atoms with Crippen LogP contribution in [0, 0.1) is 5.82 Å². The summed E-state index contributed by atoms with van der Waals surface area (Å²) in [6.07, 6.45) is 4.31. The van der Waals surface area contributed by atoms with Gasteiger partial charge >= 0.3 is 0 Å². The fourth-order valence-electron chi connectivity index (χ4n) is 2.93. The summed E-state index contributed by atoms with van der Waals surface area (Å²) >= 11 is 0. The second-order valence-electron chi connectivity index (χ2n) is 5.72. The quantitative estimate of drug-likeness (QED) is 0.843. The third-order valence-electron chi connectivity index (χ3n) is 4.07. The Balaban J connectivity index is 2.31. The molecule has 0 saturated carbocycles. The molecular formula is C15H17FN2O3S. The van der Waals surface area contributed by atoms with Crippen molar-refractivity contribution >= 4 is 26.4 Å². The molecule has 0 unspecified atom stereocenters. The highest BCUT2D eigenvalue weighted by molar-refractivity contribution is 7.90. The number of hydrogen-bond acceptors (Lipinski definition) is 4. The molecule has 0 amide bonds. The number of fused-ring (bicyclic) bond motifs is 1. The number of nitrogens with zero attached hydrogens (tertiary/aromatic N) is 2. The van der Waals surface area contributed by atoms with Crippen molar-refractivity contribution in [1.82, 2.24) is 4.57 Å². The van der Waals surface area contributed by atoms with Crippen molar-refractivity contribution in [1.29, 1.82) is 0 Å². The van der Waals surface area contributed by atoms with Crippen LogP contribution in [0.3, 0.4) is 0 Å². The largest absolute Gasteiger partial charge is 0.369 e. The van der Waals surface area contributed by atoms with E-state index in [2.05, 4.69) is 0 Å². The van der Waals surface area contributed by atoms with Gasteiger partial charge in [0.1, 0.15) is 10.7 Å². The predicted molar refractivity (Wildman–Crippen MR) is 83.7 cm³/mol. The molecule has 0 radical (unpaired) electrons. The zero-order valence-electron chi connectivity index (χ0n) is 12.5. The van der Waals surface area contributed by atoms with E-state index in [1.165, 1.54) is 6.20 Å². The van der Waals surface area contributed by atoms with Crippen LogP contribution in [0.2, 0.25) is 0 Å². The molecule has 1 fully saturated rings. The Morgan fingerprint density at radius 2 is 1.82 bits per heavy atom. The maximum Gasteiger partial charge on any atom is 0.208 e. The second-order valence-corrected chi connectivity index (χ2v) is 7.70. The summed E-state index contributed by atoms with van der Waals surface area (Å²) in [4.78, 5) is 14.0. The highest BCUT2D eigenvalue weighted by Crippen LogP contribution is 2.27. The molecule has 1 aliphatic heterocycles. The lowest BCUT2D eigenvalue weighted by molar-refractivity contribution is 0.600. The molecule has 0 atom stereocenters. The molecule has 0 aliphatic carbocycles. The second kappa shape index (κ2) is 5.08. The van der Waals surface area contributed by atoms with E-state index in [-0.39, 0.29) is 10.3 Å². The smallest absolute Gasteiger partial charge is 0.208 e. The fraction of sp³-hybridized carbons (Fsp3) is 0.400. The first-order valence-electron chi connectivity index (χ1n) is 7.07. The van der Waals surface area contributed by atoms with Gasteiger partial charge in [0.2, 0.25) is 5.43 Å². The van der Waals surface area contributed by atoms with Crippen LogP contribution in [0.25, 0.3) is 10.9 Å². The molecule has 5 nitrogen and oxygen atoms in total. The van der Waals surface area contributed by atoms with Crippen LogP contribution >= 0.6 is 0 Å². The third kappa shape index (κ3) is 2.39. The number of hydrogen-bond donors (Lipinski definition) is 0. The fourth-order valence-corrected chi connectivity index (χ4v) is 3.72. The van der Waals surface area contributed by atoms with Gasteiger partial charge in [-0.25, -0.2) is 12.8 Å². The van der Waals surface area contributed by atoms with E-state index >= 15 is 0 Å². The Kier molecular flexibility index (Phi) is 3.47. The molecule has 118 valence electrons. The minimum atomic E-state index is -3.65. The molecule has 0 N–H and O–H groups in total. The molecule has 1 aromatic carbocycles. The summed E-state index contributed by atoms with van der Waals surface area (Å²) in [5.74, 6) is -0.489. The predicted octanol–water partition coefficient (Wildman–Crippen LogP) is 1.68. The van der Waals surface area contributed by atoms with Crippen molar-refractivity contribution in [2.45, 2.75) is 17.7 Å². The number of aromatic nitrogens is 1. The van der Waals surface area contributed by atoms with Crippen molar-refractivity contribution in [2.75, 3.05) is 24.2 Å². The van der Waals surface area contributed by atoms with Crippen LogP contribution in [0.4, 0.5) is 10.1 Å². The van der Waals surface area contributed by atoms with Crippen LogP contribution in [-0.4, -0.2) is 32.3 Å². The van der Waals surface area contributed by atoms with Crippen molar-refractivity contribution in [3.8, 4) is 0 Å². The minimum Gasteiger partial charge on any atom is -0.369 e. The zero-order chi connectivity index (χ0) is 16.1. The third-order valence-corrected chi connectivity index (χ3v) is 5.16. The molecule has 0 spiro atoms. The highest BCUT2D eigenvalue weighted by Gasteiger charge is 2.21. The van der Waals surface area contributed by atoms with Crippen LogP contribution in [0.5, 0.6) is 0 Å². The van der Waals surface area contributed by atoms with E-state index in [1.807, 2.05) is 4.90 Å². The summed E-state index contributed by atoms with van der Waals surface area (Å²) < 4.78 is 39.3. The van der Waals surface area contributed by atoms with Gasteiger partial charge in [0.05, 0.1) is 16.6 Å². The van der Waals surface area contributed by atoms with E-state index in [1.54, 1.807) is 17.7 Å². The molecule has 1 aromatic heterocycles. The standard InChI is InChI=1S/C15H17FN2O3S/c1-17-9-14(22(2,20)21)15(19)10-7-11(16)13(8-12(10)17)18-5-3-4-6-18/h7-9H,3-6H2,1-2H3. The SMILES string of the molecule is Cn1cc(S(C)(=O)=O)c(=O)c2cc(F)c(N3CCCC3)cc21. The maximum absolute atomic E-state index is 14.4. The molecule has 3 rings (SSSR count). The molecule has 1 aliphatic rings. The molecular weight excluding hydrogens is 307 g/mol. The summed E-state index contributed by atoms with van der Waals surface area (Å²) in [5, 5.41) is 0.0888. The lowest BCUT2D eigenvalue weighted by Crippen LogP contribution is -2.21. The van der Waals surface area contributed by atoms with Crippen LogP contribution < -0.4 is 10.3 Å². The molecule has 2 aromatic rings. The first kappa shape index (κ1) is 15.0. The Morgan fingerprint density at radius 3 is 2.41 bits per heavy atom. The normalized spacial score (nSPS) is 15.7. The van der Waals surface area contributed by atoms with Crippen LogP contribution in [0.1, 0.15) is 12.8 Å². The van der Waals surface area contributed by atoms with Crippen LogP contribution in [0.15, 0.2) is 28.0 Å². The summed E-state index contributed by atoms with van der Waals surface area (Å²) in [6.45, 7) is 1.58. The van der Waals surface area contributed by atoms with Gasteiger partial charge in [0.15, 0.2) is 9.84 Å². The van der Waals surface area contributed by atoms with E-state index in [4.69, 9.17) is 0 Å². The number of benzene rings is 1. The van der Waals surface area contributed by atoms with Crippen LogP contribution in [-0.2, 0) is 16.9 Å². The summed E-state index contributed by atoms with van der Waals surface area (Å²) in [5.41, 5.74) is 0.343. The maximum atomic E-state index is 14.4. The lowest BCUT2D eigenvalue weighted by atomic mass is 10.1. The zero-order valence-corrected chi connectivity index (χ0v) is 13.3. The van der Waals surface area contributed by atoms with Gasteiger partial charge in [0.25, 0.3) is 0 Å². The van der Waals surface area contributed by atoms with Gasteiger partial charge in [-0.3, -0.25) is 4.79 Å². The van der Waals surface area contributed by atoms with E-state index in [9.17, 15) is 17.6 Å². The number of aryl methyl sites for hydroxylation is 1. The lowest BCUT2D eigenvalue weighted by Gasteiger charge is -2.19. The average Bonchev–Trinajstić information content (AvgIpc) is 2.95. The van der Waals surface area contributed by atoms with Gasteiger partial charge in [0, 0.05) is 32.6 Å². The van der Waals surface area contributed by atoms with Gasteiger partial charge in [-0.05, 0) is 25.0 Å². The van der Waals surface area contributed by atoms with Crippen molar-refractivity contribution in [2.24, 2.45) is 7.05 Å². The van der Waals surface area contributed by atoms with Crippen molar-refractivity contribution < 1.29 is 12.8 Å². The van der Waals surface area contributed by atoms with E-state index < -0.39 is 21.1 Å². The van der Waals surface area contributed by atoms with E-state index in [0.717, 1.165) is 38.3 Å². The first-order chi connectivity index (χ1) is 10.3. The number of halogens is 1. The van der Waals surface area contributed by atoms with Gasteiger partial charge in [-0.15, -0.1) is 0 Å². The molecule has 7 heteroatoms. The number of sulfone groups is 1. The van der Waals surface area contributed by atoms with Gasteiger partial charge < -0.3 is 9.47 Å². The molecule has 22 heavy (non-hydrogen) atoms. The van der Waals surface area contributed by atoms with Crippen molar-refractivity contribution in [3.63, 3.8) is 0 Å².